The maximum absolute atomic E-state index is 12.2. The highest BCUT2D eigenvalue weighted by molar-refractivity contribution is 6.31. The van der Waals surface area contributed by atoms with E-state index in [0.717, 1.165) is 4.90 Å². The summed E-state index contributed by atoms with van der Waals surface area (Å²) in [6.45, 7) is 0. The van der Waals surface area contributed by atoms with Crippen LogP contribution in [0.4, 0.5) is 5.69 Å². The van der Waals surface area contributed by atoms with Crippen LogP contribution in [-0.2, 0) is 14.3 Å². The minimum atomic E-state index is -1.25. The molecule has 2 bridgehead atoms. The van der Waals surface area contributed by atoms with Gasteiger partial charge in [-0.2, -0.15) is 0 Å². The minimum Gasteiger partial charge on any atom is -0.478 e. The summed E-state index contributed by atoms with van der Waals surface area (Å²) in [7, 11) is 0. The van der Waals surface area contributed by atoms with Crippen LogP contribution in [0.1, 0.15) is 23.2 Å². The van der Waals surface area contributed by atoms with E-state index in [2.05, 4.69) is 0 Å². The number of carboxylic acid groups (broad SMARTS) is 1. The topological polar surface area (TPSA) is 83.9 Å². The van der Waals surface area contributed by atoms with E-state index in [1.165, 1.54) is 18.2 Å². The van der Waals surface area contributed by atoms with Crippen molar-refractivity contribution in [2.75, 3.05) is 4.90 Å². The first-order chi connectivity index (χ1) is 9.49. The van der Waals surface area contributed by atoms with Gasteiger partial charge in [-0.05, 0) is 31.0 Å². The fourth-order valence-corrected chi connectivity index (χ4v) is 2.68. The van der Waals surface area contributed by atoms with Gasteiger partial charge in [0.05, 0.1) is 11.3 Å². The van der Waals surface area contributed by atoms with E-state index in [9.17, 15) is 19.5 Å². The van der Waals surface area contributed by atoms with Crippen molar-refractivity contribution in [1.29, 1.82) is 0 Å². The number of anilines is 1. The van der Waals surface area contributed by atoms with Gasteiger partial charge in [0.15, 0.2) is 0 Å². The monoisotopic (exact) mass is 295 g/mol. The third-order valence-corrected chi connectivity index (χ3v) is 3.68. The summed E-state index contributed by atoms with van der Waals surface area (Å²) in [6.07, 6.45) is -0.395. The molecule has 20 heavy (non-hydrogen) atoms. The second-order valence-electron chi connectivity index (χ2n) is 4.67. The van der Waals surface area contributed by atoms with Crippen LogP contribution in [0.5, 0.6) is 0 Å². The average molecular weight is 296 g/mol. The summed E-state index contributed by atoms with van der Waals surface area (Å²) >= 11 is 5.77. The van der Waals surface area contributed by atoms with Crippen molar-refractivity contribution in [3.63, 3.8) is 0 Å². The van der Waals surface area contributed by atoms with Crippen molar-refractivity contribution < 1.29 is 24.2 Å². The molecule has 2 heterocycles. The Bertz CT molecular complexity index is 607. The molecule has 104 valence electrons. The van der Waals surface area contributed by atoms with Gasteiger partial charge >= 0.3 is 5.97 Å². The third kappa shape index (κ3) is 1.88. The summed E-state index contributed by atoms with van der Waals surface area (Å²) in [5.41, 5.74) is -0.141. The van der Waals surface area contributed by atoms with Gasteiger partial charge in [0, 0.05) is 5.02 Å². The number of rotatable bonds is 2. The van der Waals surface area contributed by atoms with Crippen LogP contribution in [-0.4, -0.2) is 35.1 Å². The third-order valence-electron chi connectivity index (χ3n) is 3.44. The molecular formula is C13H10ClNO5. The number of aromatic carboxylic acids is 1. The molecule has 2 aliphatic rings. The molecule has 3 rings (SSSR count). The maximum Gasteiger partial charge on any atom is 0.337 e. The summed E-state index contributed by atoms with van der Waals surface area (Å²) < 4.78 is 5.28. The normalized spacial score (nSPS) is 25.1. The van der Waals surface area contributed by atoms with E-state index in [0.29, 0.717) is 12.8 Å². The van der Waals surface area contributed by atoms with Crippen molar-refractivity contribution in [2.45, 2.75) is 25.0 Å². The number of nitrogens with zero attached hydrogens (tertiary/aromatic N) is 1. The Morgan fingerprint density at radius 3 is 2.40 bits per heavy atom. The van der Waals surface area contributed by atoms with E-state index in [4.69, 9.17) is 16.3 Å². The molecule has 2 atom stereocenters. The van der Waals surface area contributed by atoms with Crippen molar-refractivity contribution in [2.24, 2.45) is 0 Å². The first-order valence-corrected chi connectivity index (χ1v) is 6.43. The van der Waals surface area contributed by atoms with Crippen LogP contribution in [0.25, 0.3) is 0 Å². The number of carbonyl (C=O) groups is 3. The number of hydrogen-bond acceptors (Lipinski definition) is 4. The highest BCUT2D eigenvalue weighted by Gasteiger charge is 2.47. The molecule has 1 aromatic carbocycles. The Morgan fingerprint density at radius 2 is 1.85 bits per heavy atom. The number of carboxylic acids is 1. The number of imide groups is 1. The first-order valence-electron chi connectivity index (χ1n) is 6.05. The predicted octanol–water partition coefficient (Wildman–Crippen LogP) is 1.46. The minimum absolute atomic E-state index is 0.0390. The lowest BCUT2D eigenvalue weighted by atomic mass is 10.1. The van der Waals surface area contributed by atoms with E-state index in [1.54, 1.807) is 0 Å². The molecule has 0 aromatic heterocycles. The molecule has 2 saturated heterocycles. The van der Waals surface area contributed by atoms with Crippen LogP contribution >= 0.6 is 11.6 Å². The van der Waals surface area contributed by atoms with Gasteiger partial charge < -0.3 is 9.84 Å². The second-order valence-corrected chi connectivity index (χ2v) is 5.11. The zero-order chi connectivity index (χ0) is 14.4. The Morgan fingerprint density at radius 1 is 1.25 bits per heavy atom. The van der Waals surface area contributed by atoms with Crippen LogP contribution in [0.3, 0.4) is 0 Å². The Kier molecular flexibility index (Phi) is 2.99. The zero-order valence-electron chi connectivity index (χ0n) is 10.2. The molecule has 6 nitrogen and oxygen atoms in total. The van der Waals surface area contributed by atoms with Crippen molar-refractivity contribution in [3.05, 3.63) is 28.8 Å². The van der Waals surface area contributed by atoms with Crippen LogP contribution in [0.15, 0.2) is 18.2 Å². The first kappa shape index (κ1) is 13.1. The van der Waals surface area contributed by atoms with Gasteiger partial charge in [-0.15, -0.1) is 0 Å². The van der Waals surface area contributed by atoms with Gasteiger partial charge in [-0.1, -0.05) is 11.6 Å². The molecule has 2 amide bonds. The van der Waals surface area contributed by atoms with Gasteiger partial charge in [0.25, 0.3) is 11.8 Å². The van der Waals surface area contributed by atoms with E-state index >= 15 is 0 Å². The lowest BCUT2D eigenvalue weighted by Gasteiger charge is -2.30. The molecular weight excluding hydrogens is 286 g/mol. The van der Waals surface area contributed by atoms with E-state index in [-0.39, 0.29) is 16.3 Å². The fraction of sp³-hybridized carbons (Fsp3) is 0.308. The second kappa shape index (κ2) is 4.57. The number of benzene rings is 1. The lowest BCUT2D eigenvalue weighted by Crippen LogP contribution is -2.52. The highest BCUT2D eigenvalue weighted by Crippen LogP contribution is 2.34. The summed E-state index contributed by atoms with van der Waals surface area (Å²) in [5, 5.41) is 9.43. The average Bonchev–Trinajstić information content (AvgIpc) is 2.85. The summed E-state index contributed by atoms with van der Waals surface area (Å²) in [4.78, 5) is 36.6. The number of carbonyl (C=O) groups excluding carboxylic acids is 2. The number of halogens is 1. The molecule has 0 radical (unpaired) electrons. The quantitative estimate of drug-likeness (QED) is 0.835. The molecule has 1 N–H and O–H groups in total. The van der Waals surface area contributed by atoms with Gasteiger partial charge in [-0.25, -0.2) is 9.69 Å². The molecule has 7 heteroatoms. The summed E-state index contributed by atoms with van der Waals surface area (Å²) in [6, 6.07) is 4.03. The molecule has 0 spiro atoms. The van der Waals surface area contributed by atoms with Crippen molar-refractivity contribution in [1.82, 2.24) is 0 Å². The van der Waals surface area contributed by atoms with Crippen LogP contribution in [0, 0.1) is 0 Å². The Hall–Kier alpha value is -1.92. The smallest absolute Gasteiger partial charge is 0.337 e. The molecule has 2 fully saturated rings. The maximum atomic E-state index is 12.2. The summed E-state index contributed by atoms with van der Waals surface area (Å²) in [5.74, 6) is -2.29. The number of ether oxygens (including phenoxy) is 1. The van der Waals surface area contributed by atoms with Crippen LogP contribution < -0.4 is 4.90 Å². The largest absolute Gasteiger partial charge is 0.478 e. The molecule has 0 aliphatic carbocycles. The van der Waals surface area contributed by atoms with E-state index < -0.39 is 30.0 Å². The van der Waals surface area contributed by atoms with Crippen molar-refractivity contribution in [3.8, 4) is 0 Å². The molecule has 2 unspecified atom stereocenters. The Balaban J connectivity index is 2.10. The standard InChI is InChI=1S/C13H10ClNO5/c14-6-1-2-8(7(5-6)13(18)19)15-11(16)9-3-4-10(20-9)12(15)17/h1-2,5,9-10H,3-4H2,(H,18,19). The van der Waals surface area contributed by atoms with Gasteiger partial charge in [-0.3, -0.25) is 9.59 Å². The zero-order valence-corrected chi connectivity index (χ0v) is 11.0. The van der Waals surface area contributed by atoms with Gasteiger partial charge in [0.2, 0.25) is 0 Å². The van der Waals surface area contributed by atoms with E-state index in [1.807, 2.05) is 0 Å². The SMILES string of the molecule is O=C(O)c1cc(Cl)ccc1N1C(=O)C2CCC(O2)C1=O. The predicted molar refractivity (Wildman–Crippen MR) is 68.8 cm³/mol. The van der Waals surface area contributed by atoms with Gasteiger partial charge in [0.1, 0.15) is 12.2 Å². The molecule has 1 aromatic rings. The fourth-order valence-electron chi connectivity index (χ4n) is 2.51. The number of amides is 2. The number of hydrogen-bond donors (Lipinski definition) is 1. The molecule has 2 aliphatic heterocycles. The number of fused-ring (bicyclic) bond motifs is 2. The highest BCUT2D eigenvalue weighted by atomic mass is 35.5. The lowest BCUT2D eigenvalue weighted by molar-refractivity contribution is -0.146. The Labute approximate surface area is 118 Å². The number of morpholine rings is 1. The molecule has 0 saturated carbocycles. The van der Waals surface area contributed by atoms with Crippen molar-refractivity contribution >= 4 is 35.1 Å². The van der Waals surface area contributed by atoms with Crippen LogP contribution in [0.2, 0.25) is 5.02 Å².